The highest BCUT2D eigenvalue weighted by atomic mass is 32.3. The lowest BCUT2D eigenvalue weighted by Crippen LogP contribution is -1.85. The molecule has 0 aromatic heterocycles. The molecule has 0 bridgehead atoms. The van der Waals surface area contributed by atoms with E-state index >= 15 is 0 Å². The Kier molecular flexibility index (Phi) is 3.05. The molecule has 1 atom stereocenters. The second kappa shape index (κ2) is 3.05. The van der Waals surface area contributed by atoms with Crippen LogP contribution in [-0.4, -0.2) is 12.6 Å². The van der Waals surface area contributed by atoms with Gasteiger partial charge in [0.05, 0.1) is 0 Å². The maximum Gasteiger partial charge on any atom is 0.360 e. The first-order chi connectivity index (χ1) is 3.13. The summed E-state index contributed by atoms with van der Waals surface area (Å²) in [6.07, 6.45) is 0. The first kappa shape index (κ1) is 6.99. The number of halogens is 1. The summed E-state index contributed by atoms with van der Waals surface area (Å²) in [6.45, 7) is 0. The van der Waals surface area contributed by atoms with Gasteiger partial charge in [-0.3, -0.25) is 0 Å². The Hall–Kier alpha value is -0.0100. The van der Waals surface area contributed by atoms with E-state index < -0.39 is 22.5 Å². The largest absolute Gasteiger partial charge is 0.360 e. The van der Waals surface area contributed by atoms with Gasteiger partial charge in [-0.05, 0) is 0 Å². The summed E-state index contributed by atoms with van der Waals surface area (Å²) in [6, 6.07) is 0. The fourth-order valence-electron chi connectivity index (χ4n) is 0.0478. The third-order valence-electron chi connectivity index (χ3n) is 0.119. The lowest BCUT2D eigenvalue weighted by Gasteiger charge is -1.74. The van der Waals surface area contributed by atoms with Crippen LogP contribution in [0.15, 0.2) is 0 Å². The lowest BCUT2D eigenvalue weighted by molar-refractivity contribution is 0.498. The van der Waals surface area contributed by atoms with Gasteiger partial charge in [0.25, 0.3) is 11.0 Å². The van der Waals surface area contributed by atoms with Crippen LogP contribution in [-0.2, 0) is 26.1 Å². The maximum atomic E-state index is 10.8. The molecule has 0 rings (SSSR count). The van der Waals surface area contributed by atoms with Gasteiger partial charge in [-0.2, -0.15) is 4.21 Å². The predicted molar refractivity (Wildman–Crippen MR) is 20.7 cm³/mol. The van der Waals surface area contributed by atoms with Crippen molar-refractivity contribution < 1.29 is 20.1 Å². The molecule has 0 saturated heterocycles. The lowest BCUT2D eigenvalue weighted by atomic mass is 15.8. The van der Waals surface area contributed by atoms with E-state index in [0.29, 0.717) is 0 Å². The first-order valence-corrected chi connectivity index (χ1v) is 3.11. The minimum atomic E-state index is -3.32. The predicted octanol–water partition coefficient (Wildman–Crippen LogP) is -0.922. The average Bonchev–Trinajstić information content (AvgIpc) is 1.27. The van der Waals surface area contributed by atoms with Crippen LogP contribution in [0.25, 0.3) is 0 Å². The molecule has 7 heteroatoms. The van der Waals surface area contributed by atoms with Crippen molar-refractivity contribution in [3.05, 3.63) is 0 Å². The summed E-state index contributed by atoms with van der Waals surface area (Å²) in [5, 5.41) is 0. The Morgan fingerprint density at radius 2 is 2.00 bits per heavy atom. The fourth-order valence-corrected chi connectivity index (χ4v) is 0.431. The maximum absolute atomic E-state index is 10.8. The highest BCUT2D eigenvalue weighted by Crippen LogP contribution is 1.82. The molecule has 0 N–H and O–H groups in total. The molecule has 0 aliphatic carbocycles. The topological polar surface area (TPSA) is 60.4 Å². The van der Waals surface area contributed by atoms with Crippen molar-refractivity contribution in [2.45, 2.75) is 0 Å². The molecule has 0 heterocycles. The van der Waals surface area contributed by atoms with Gasteiger partial charge in [0.15, 0.2) is 0 Å². The number of rotatable bonds is 2. The summed E-state index contributed by atoms with van der Waals surface area (Å²) < 4.78 is 41.3. The van der Waals surface area contributed by atoms with E-state index in [0.717, 1.165) is 0 Å². The zero-order valence-corrected chi connectivity index (χ0v) is 4.58. The summed E-state index contributed by atoms with van der Waals surface area (Å²) in [5.74, 6) is 0. The van der Waals surface area contributed by atoms with Crippen LogP contribution < -0.4 is 0 Å². The van der Waals surface area contributed by atoms with Gasteiger partial charge < -0.3 is 0 Å². The Bertz CT molecular complexity index is 127. The van der Waals surface area contributed by atoms with Gasteiger partial charge in [0, 0.05) is 0 Å². The zero-order valence-electron chi connectivity index (χ0n) is 2.87. The molecule has 0 aliphatic heterocycles. The first-order valence-electron chi connectivity index (χ1n) is 1.04. The van der Waals surface area contributed by atoms with Crippen LogP contribution >= 0.6 is 0 Å². The minimum Gasteiger partial charge on any atom is -0.201 e. The molecule has 4 nitrogen and oxygen atoms in total. The highest BCUT2D eigenvalue weighted by molar-refractivity contribution is 7.85. The quantitative estimate of drug-likeness (QED) is 0.406. The molecule has 0 saturated carbocycles. The van der Waals surface area contributed by atoms with Crippen molar-refractivity contribution in [3.8, 4) is 0 Å². The third kappa shape index (κ3) is 5.99. The molecule has 7 heavy (non-hydrogen) atoms. The summed E-state index contributed by atoms with van der Waals surface area (Å²) >= 11 is -3.19. The summed E-state index contributed by atoms with van der Waals surface area (Å²) in [4.78, 5) is 0. The third-order valence-corrected chi connectivity index (χ3v) is 1.08. The molecule has 0 aromatic carbocycles. The Morgan fingerprint density at radius 3 is 2.00 bits per heavy atom. The molecular formula is HFO4S2. The van der Waals surface area contributed by atoms with Crippen LogP contribution in [0, 0.1) is 0 Å². The molecule has 44 valence electrons. The van der Waals surface area contributed by atoms with Crippen LogP contribution in [0.2, 0.25) is 0 Å². The van der Waals surface area contributed by atoms with Gasteiger partial charge >= 0.3 is 11.5 Å². The standard InChI is InChI=1S/FHO4S2/c1-6(2)5-7(3)4/h7H. The molecule has 0 fully saturated rings. The van der Waals surface area contributed by atoms with Crippen molar-refractivity contribution >= 4 is 22.5 Å². The van der Waals surface area contributed by atoms with E-state index in [-0.39, 0.29) is 0 Å². The molecule has 0 aliphatic rings. The van der Waals surface area contributed by atoms with Crippen LogP contribution in [0.3, 0.4) is 0 Å². The van der Waals surface area contributed by atoms with Crippen molar-refractivity contribution in [2.75, 3.05) is 0 Å². The molecule has 1 unspecified atom stereocenters. The normalized spacial score (nSPS) is 14.6. The van der Waals surface area contributed by atoms with Crippen molar-refractivity contribution in [3.63, 3.8) is 0 Å². The van der Waals surface area contributed by atoms with Crippen LogP contribution in [0.1, 0.15) is 0 Å². The molecule has 0 amide bonds. The van der Waals surface area contributed by atoms with Gasteiger partial charge in [0.2, 0.25) is 0 Å². The van der Waals surface area contributed by atoms with E-state index in [4.69, 9.17) is 4.21 Å². The second-order valence-corrected chi connectivity index (χ2v) is 1.92. The van der Waals surface area contributed by atoms with E-state index in [1.165, 1.54) is 0 Å². The smallest absolute Gasteiger partial charge is 0.201 e. The van der Waals surface area contributed by atoms with E-state index in [1.807, 2.05) is 0 Å². The highest BCUT2D eigenvalue weighted by Gasteiger charge is 1.92. The number of hydrogen-bond donors (Lipinski definition) is 1. The molecular weight excluding hydrogens is 147 g/mol. The summed E-state index contributed by atoms with van der Waals surface area (Å²) in [5.41, 5.74) is 0. The average molecular weight is 148 g/mol. The second-order valence-electron chi connectivity index (χ2n) is 0.492. The van der Waals surface area contributed by atoms with E-state index in [9.17, 15) is 12.3 Å². The van der Waals surface area contributed by atoms with Gasteiger partial charge in [-0.15, -0.1) is 7.52 Å². The van der Waals surface area contributed by atoms with Crippen LogP contribution in [0.4, 0.5) is 3.89 Å². The SMILES string of the molecule is O=S(F)O[SH](=O)=O. The Morgan fingerprint density at radius 1 is 1.57 bits per heavy atom. The molecule has 0 aromatic rings. The molecule has 0 spiro atoms. The van der Waals surface area contributed by atoms with Crippen molar-refractivity contribution in [1.29, 1.82) is 0 Å². The fraction of sp³-hybridized carbons (Fsp3) is 0. The van der Waals surface area contributed by atoms with E-state index in [2.05, 4.69) is 3.63 Å². The minimum absolute atomic E-state index is 3.01. The van der Waals surface area contributed by atoms with Crippen molar-refractivity contribution in [1.82, 2.24) is 0 Å². The van der Waals surface area contributed by atoms with Gasteiger partial charge in [-0.25, -0.2) is 8.42 Å². The zero-order chi connectivity index (χ0) is 5.86. The Labute approximate surface area is 43.4 Å². The van der Waals surface area contributed by atoms with Gasteiger partial charge in [-0.1, -0.05) is 0 Å². The van der Waals surface area contributed by atoms with E-state index in [1.54, 1.807) is 0 Å². The Balaban J connectivity index is 3.53. The van der Waals surface area contributed by atoms with Crippen molar-refractivity contribution in [2.24, 2.45) is 0 Å². The number of thiol groups is 1. The number of hydrogen-bond acceptors (Lipinski definition) is 4. The van der Waals surface area contributed by atoms with Crippen LogP contribution in [0.5, 0.6) is 0 Å². The van der Waals surface area contributed by atoms with Gasteiger partial charge in [0.1, 0.15) is 0 Å². The summed E-state index contributed by atoms with van der Waals surface area (Å²) in [7, 11) is -3.32. The molecule has 0 radical (unpaired) electrons. The monoisotopic (exact) mass is 148 g/mol.